The maximum absolute atomic E-state index is 12.8. The predicted molar refractivity (Wildman–Crippen MR) is 81.1 cm³/mol. The number of amides is 1. The number of hydrogen-bond donors (Lipinski definition) is 1. The first-order valence-corrected chi connectivity index (χ1v) is 6.71. The van der Waals surface area contributed by atoms with E-state index >= 15 is 0 Å². The fraction of sp³-hybridized carbons (Fsp3) is 0.200. The van der Waals surface area contributed by atoms with Crippen LogP contribution in [0.1, 0.15) is 15.9 Å². The fourth-order valence-corrected chi connectivity index (χ4v) is 1.93. The molecular formula is C15H15ClFN3O. The number of hydrogen-bond acceptors (Lipinski definition) is 3. The van der Waals surface area contributed by atoms with E-state index in [2.05, 4.69) is 10.3 Å². The van der Waals surface area contributed by atoms with Crippen molar-refractivity contribution >= 4 is 23.3 Å². The second-order valence-corrected chi connectivity index (χ2v) is 5.13. The standard InChI is InChI=1S/C15H15ClFN3O/c1-20(2)14-8-11(7-13(16)19-14)15(21)18-9-10-3-5-12(17)6-4-10/h3-8H,9H2,1-2H3,(H,18,21). The molecule has 21 heavy (non-hydrogen) atoms. The molecule has 0 saturated heterocycles. The first-order valence-electron chi connectivity index (χ1n) is 6.33. The Morgan fingerprint density at radius 3 is 2.57 bits per heavy atom. The predicted octanol–water partition coefficient (Wildman–Crippen LogP) is 2.87. The summed E-state index contributed by atoms with van der Waals surface area (Å²) < 4.78 is 12.8. The maximum atomic E-state index is 12.8. The average Bonchev–Trinajstić information content (AvgIpc) is 2.45. The lowest BCUT2D eigenvalue weighted by molar-refractivity contribution is 0.0951. The van der Waals surface area contributed by atoms with Crippen molar-refractivity contribution < 1.29 is 9.18 Å². The molecule has 1 N–H and O–H groups in total. The topological polar surface area (TPSA) is 45.2 Å². The van der Waals surface area contributed by atoms with Crippen LogP contribution in [-0.2, 0) is 6.54 Å². The highest BCUT2D eigenvalue weighted by atomic mass is 35.5. The maximum Gasteiger partial charge on any atom is 0.251 e. The van der Waals surface area contributed by atoms with Gasteiger partial charge in [-0.25, -0.2) is 9.37 Å². The van der Waals surface area contributed by atoms with Gasteiger partial charge >= 0.3 is 0 Å². The molecule has 6 heteroatoms. The molecule has 110 valence electrons. The molecule has 2 aromatic rings. The summed E-state index contributed by atoms with van der Waals surface area (Å²) in [5.74, 6) is 0.0442. The molecule has 4 nitrogen and oxygen atoms in total. The van der Waals surface area contributed by atoms with E-state index in [0.717, 1.165) is 5.56 Å². The molecule has 0 saturated carbocycles. The van der Waals surface area contributed by atoms with E-state index in [9.17, 15) is 9.18 Å². The lowest BCUT2D eigenvalue weighted by Gasteiger charge is -2.13. The molecule has 0 spiro atoms. The number of rotatable bonds is 4. The summed E-state index contributed by atoms with van der Waals surface area (Å²) in [7, 11) is 3.64. The number of carbonyl (C=O) groups excluding carboxylic acids is 1. The van der Waals surface area contributed by atoms with Gasteiger partial charge in [0.15, 0.2) is 0 Å². The van der Waals surface area contributed by atoms with Gasteiger partial charge in [0.25, 0.3) is 5.91 Å². The minimum absolute atomic E-state index is 0.258. The molecule has 0 aliphatic heterocycles. The summed E-state index contributed by atoms with van der Waals surface area (Å²) in [4.78, 5) is 18.0. The SMILES string of the molecule is CN(C)c1cc(C(=O)NCc2ccc(F)cc2)cc(Cl)n1. The molecule has 0 unspecified atom stereocenters. The van der Waals surface area contributed by atoms with Crippen LogP contribution in [0, 0.1) is 5.82 Å². The summed E-state index contributed by atoms with van der Waals surface area (Å²) in [6.45, 7) is 0.316. The molecule has 1 aromatic heterocycles. The normalized spacial score (nSPS) is 10.3. The summed E-state index contributed by atoms with van der Waals surface area (Å²) in [5.41, 5.74) is 1.25. The Kier molecular flexibility index (Phi) is 4.75. The molecule has 0 aliphatic rings. The first-order chi connectivity index (χ1) is 9.95. The lowest BCUT2D eigenvalue weighted by atomic mass is 10.2. The van der Waals surface area contributed by atoms with Gasteiger partial charge in [0.2, 0.25) is 0 Å². The second kappa shape index (κ2) is 6.54. The van der Waals surface area contributed by atoms with Gasteiger partial charge in [0.05, 0.1) is 0 Å². The Hall–Kier alpha value is -2.14. The van der Waals surface area contributed by atoms with E-state index in [4.69, 9.17) is 11.6 Å². The van der Waals surface area contributed by atoms with E-state index in [1.807, 2.05) is 14.1 Å². The molecule has 0 fully saturated rings. The first kappa shape index (κ1) is 15.3. The third kappa shape index (κ3) is 4.16. The highest BCUT2D eigenvalue weighted by Crippen LogP contribution is 2.16. The number of carbonyl (C=O) groups is 1. The monoisotopic (exact) mass is 307 g/mol. The van der Waals surface area contributed by atoms with E-state index in [1.54, 1.807) is 23.1 Å². The number of halogens is 2. The molecule has 1 amide bonds. The number of nitrogens with zero attached hydrogens (tertiary/aromatic N) is 2. The quantitative estimate of drug-likeness (QED) is 0.884. The molecule has 0 bridgehead atoms. The lowest BCUT2D eigenvalue weighted by Crippen LogP contribution is -2.23. The van der Waals surface area contributed by atoms with Crippen molar-refractivity contribution in [2.75, 3.05) is 19.0 Å². The zero-order valence-electron chi connectivity index (χ0n) is 11.7. The van der Waals surface area contributed by atoms with Gasteiger partial charge in [-0.05, 0) is 29.8 Å². The van der Waals surface area contributed by atoms with Crippen molar-refractivity contribution in [1.82, 2.24) is 10.3 Å². The van der Waals surface area contributed by atoms with Gasteiger partial charge < -0.3 is 10.2 Å². The number of pyridine rings is 1. The highest BCUT2D eigenvalue weighted by molar-refractivity contribution is 6.29. The van der Waals surface area contributed by atoms with Gasteiger partial charge in [0, 0.05) is 26.2 Å². The minimum atomic E-state index is -0.304. The summed E-state index contributed by atoms with van der Waals surface area (Å²) >= 11 is 5.91. The van der Waals surface area contributed by atoms with Crippen LogP contribution >= 0.6 is 11.6 Å². The molecule has 0 aliphatic carbocycles. The Morgan fingerprint density at radius 2 is 1.95 bits per heavy atom. The molecule has 2 rings (SSSR count). The van der Waals surface area contributed by atoms with Gasteiger partial charge in [-0.2, -0.15) is 0 Å². The van der Waals surface area contributed by atoms with Crippen molar-refractivity contribution in [3.8, 4) is 0 Å². The van der Waals surface area contributed by atoms with Gasteiger partial charge in [-0.3, -0.25) is 4.79 Å². The molecule has 1 heterocycles. The Balaban J connectivity index is 2.08. The zero-order chi connectivity index (χ0) is 15.4. The highest BCUT2D eigenvalue weighted by Gasteiger charge is 2.10. The van der Waals surface area contributed by atoms with Crippen molar-refractivity contribution in [2.45, 2.75) is 6.54 Å². The van der Waals surface area contributed by atoms with Crippen molar-refractivity contribution in [3.05, 3.63) is 58.5 Å². The van der Waals surface area contributed by atoms with Gasteiger partial charge in [-0.1, -0.05) is 23.7 Å². The number of nitrogens with one attached hydrogen (secondary N) is 1. The van der Waals surface area contributed by atoms with Crippen LogP contribution in [0.25, 0.3) is 0 Å². The number of aromatic nitrogens is 1. The molecule has 1 aromatic carbocycles. The summed E-state index contributed by atoms with van der Waals surface area (Å²) in [5, 5.41) is 3.02. The third-order valence-electron chi connectivity index (χ3n) is 2.87. The smallest absolute Gasteiger partial charge is 0.251 e. The summed E-state index contributed by atoms with van der Waals surface area (Å²) in [6.07, 6.45) is 0. The Morgan fingerprint density at radius 1 is 1.29 bits per heavy atom. The van der Waals surface area contributed by atoms with Crippen molar-refractivity contribution in [1.29, 1.82) is 0 Å². The van der Waals surface area contributed by atoms with E-state index < -0.39 is 0 Å². The molecule has 0 atom stereocenters. The number of anilines is 1. The average molecular weight is 308 g/mol. The van der Waals surface area contributed by atoms with Crippen LogP contribution in [0.4, 0.5) is 10.2 Å². The second-order valence-electron chi connectivity index (χ2n) is 4.74. The van der Waals surface area contributed by atoms with E-state index in [1.165, 1.54) is 18.2 Å². The van der Waals surface area contributed by atoms with Crippen LogP contribution in [-0.4, -0.2) is 25.0 Å². The largest absolute Gasteiger partial charge is 0.363 e. The van der Waals surface area contributed by atoms with Gasteiger partial charge in [0.1, 0.15) is 16.8 Å². The van der Waals surface area contributed by atoms with Gasteiger partial charge in [-0.15, -0.1) is 0 Å². The number of benzene rings is 1. The van der Waals surface area contributed by atoms with Crippen LogP contribution in [0.2, 0.25) is 5.15 Å². The van der Waals surface area contributed by atoms with Crippen molar-refractivity contribution in [2.24, 2.45) is 0 Å². The van der Waals surface area contributed by atoms with Crippen molar-refractivity contribution in [3.63, 3.8) is 0 Å². The molecule has 0 radical (unpaired) electrons. The van der Waals surface area contributed by atoms with E-state index in [0.29, 0.717) is 17.9 Å². The van der Waals surface area contributed by atoms with Crippen LogP contribution in [0.3, 0.4) is 0 Å². The third-order valence-corrected chi connectivity index (χ3v) is 3.06. The van der Waals surface area contributed by atoms with Crippen LogP contribution in [0.5, 0.6) is 0 Å². The Bertz CT molecular complexity index is 644. The Labute approximate surface area is 127 Å². The zero-order valence-corrected chi connectivity index (χ0v) is 12.5. The molecular weight excluding hydrogens is 293 g/mol. The van der Waals surface area contributed by atoms with Crippen LogP contribution < -0.4 is 10.2 Å². The minimum Gasteiger partial charge on any atom is -0.363 e. The summed E-state index contributed by atoms with van der Waals surface area (Å²) in [6, 6.07) is 9.13. The van der Waals surface area contributed by atoms with Crippen LogP contribution in [0.15, 0.2) is 36.4 Å². The van der Waals surface area contributed by atoms with E-state index in [-0.39, 0.29) is 16.9 Å². The fourth-order valence-electron chi connectivity index (χ4n) is 1.73.